The molecule has 18 heavy (non-hydrogen) atoms. The Morgan fingerprint density at radius 3 is 2.22 bits per heavy atom. The van der Waals surface area contributed by atoms with Gasteiger partial charge in [-0.2, -0.15) is 0 Å². The van der Waals surface area contributed by atoms with Crippen molar-refractivity contribution in [1.29, 1.82) is 0 Å². The highest BCUT2D eigenvalue weighted by Gasteiger charge is 2.04. The van der Waals surface area contributed by atoms with Gasteiger partial charge in [0.15, 0.2) is 0 Å². The predicted molar refractivity (Wildman–Crippen MR) is 76.7 cm³/mol. The SMILES string of the molecule is CNCCCc1ccccc1I.O=C(O)C(=O)O. The molecule has 1 aromatic rings. The number of nitrogens with one attached hydrogen (secondary N) is 1. The largest absolute Gasteiger partial charge is 0.473 e. The summed E-state index contributed by atoms with van der Waals surface area (Å²) in [6.45, 7) is 1.10. The first-order valence-corrected chi connectivity index (χ1v) is 6.41. The van der Waals surface area contributed by atoms with E-state index >= 15 is 0 Å². The van der Waals surface area contributed by atoms with Crippen LogP contribution in [0.1, 0.15) is 12.0 Å². The number of halogens is 1. The van der Waals surface area contributed by atoms with Gasteiger partial charge in [0.2, 0.25) is 0 Å². The first-order chi connectivity index (χ1) is 8.49. The van der Waals surface area contributed by atoms with Gasteiger partial charge in [0.1, 0.15) is 0 Å². The average Bonchev–Trinajstić information content (AvgIpc) is 2.32. The molecule has 0 radical (unpaired) electrons. The Hall–Kier alpha value is -1.15. The minimum Gasteiger partial charge on any atom is -0.473 e. The second-order valence-electron chi connectivity index (χ2n) is 3.41. The van der Waals surface area contributed by atoms with Crippen molar-refractivity contribution in [1.82, 2.24) is 5.32 Å². The van der Waals surface area contributed by atoms with E-state index in [2.05, 4.69) is 52.2 Å². The fraction of sp³-hybridized carbons (Fsp3) is 0.333. The van der Waals surface area contributed by atoms with Crippen LogP contribution in [0, 0.1) is 3.57 Å². The van der Waals surface area contributed by atoms with Gasteiger partial charge in [0.05, 0.1) is 0 Å². The van der Waals surface area contributed by atoms with E-state index in [1.807, 2.05) is 7.05 Å². The van der Waals surface area contributed by atoms with Crippen molar-refractivity contribution in [3.8, 4) is 0 Å². The first-order valence-electron chi connectivity index (χ1n) is 5.33. The van der Waals surface area contributed by atoms with Gasteiger partial charge in [-0.25, -0.2) is 9.59 Å². The normalized spacial score (nSPS) is 9.22. The van der Waals surface area contributed by atoms with E-state index in [9.17, 15) is 0 Å². The van der Waals surface area contributed by atoms with Gasteiger partial charge in [0, 0.05) is 3.57 Å². The molecule has 1 rings (SSSR count). The number of carboxylic acids is 2. The molecule has 0 heterocycles. The molecule has 6 heteroatoms. The molecule has 0 aromatic heterocycles. The summed E-state index contributed by atoms with van der Waals surface area (Å²) in [6, 6.07) is 8.56. The summed E-state index contributed by atoms with van der Waals surface area (Å²) in [4.78, 5) is 18.2. The van der Waals surface area contributed by atoms with Gasteiger partial charge in [-0.05, 0) is 60.7 Å². The average molecular weight is 365 g/mol. The van der Waals surface area contributed by atoms with E-state index in [1.54, 1.807) is 0 Å². The van der Waals surface area contributed by atoms with Gasteiger partial charge in [0.25, 0.3) is 0 Å². The Balaban J connectivity index is 0.000000411. The van der Waals surface area contributed by atoms with Crippen LogP contribution in [0.2, 0.25) is 0 Å². The van der Waals surface area contributed by atoms with Crippen LogP contribution in [0.3, 0.4) is 0 Å². The quantitative estimate of drug-likeness (QED) is 0.429. The molecule has 3 N–H and O–H groups in total. The van der Waals surface area contributed by atoms with Crippen LogP contribution in [0.15, 0.2) is 24.3 Å². The summed E-state index contributed by atoms with van der Waals surface area (Å²) in [6.07, 6.45) is 2.40. The summed E-state index contributed by atoms with van der Waals surface area (Å²) < 4.78 is 1.38. The molecule has 0 aliphatic rings. The maximum absolute atomic E-state index is 9.10. The number of hydrogen-bond acceptors (Lipinski definition) is 3. The molecular weight excluding hydrogens is 349 g/mol. The molecule has 0 unspecified atom stereocenters. The minimum atomic E-state index is -1.82. The lowest BCUT2D eigenvalue weighted by Crippen LogP contribution is -2.09. The molecule has 100 valence electrons. The number of carboxylic acid groups (broad SMARTS) is 2. The monoisotopic (exact) mass is 365 g/mol. The van der Waals surface area contributed by atoms with Gasteiger partial charge in [-0.3, -0.25) is 0 Å². The lowest BCUT2D eigenvalue weighted by Gasteiger charge is -2.02. The molecule has 5 nitrogen and oxygen atoms in total. The molecule has 0 bridgehead atoms. The second-order valence-corrected chi connectivity index (χ2v) is 4.57. The second kappa shape index (κ2) is 9.84. The summed E-state index contributed by atoms with van der Waals surface area (Å²) in [5, 5.41) is 17.9. The molecule has 0 aliphatic carbocycles. The van der Waals surface area contributed by atoms with E-state index in [-0.39, 0.29) is 0 Å². The van der Waals surface area contributed by atoms with Crippen LogP contribution in [0.5, 0.6) is 0 Å². The fourth-order valence-electron chi connectivity index (χ4n) is 1.16. The van der Waals surface area contributed by atoms with Crippen molar-refractivity contribution < 1.29 is 19.8 Å². The number of aryl methyl sites for hydroxylation is 1. The summed E-state index contributed by atoms with van der Waals surface area (Å²) in [5.41, 5.74) is 1.47. The maximum atomic E-state index is 9.10. The van der Waals surface area contributed by atoms with Crippen molar-refractivity contribution >= 4 is 34.5 Å². The van der Waals surface area contributed by atoms with Crippen molar-refractivity contribution in [2.75, 3.05) is 13.6 Å². The molecule has 1 aromatic carbocycles. The van der Waals surface area contributed by atoms with E-state index < -0.39 is 11.9 Å². The Morgan fingerprint density at radius 2 is 1.78 bits per heavy atom. The Kier molecular flexibility index (Phi) is 9.21. The highest BCUT2D eigenvalue weighted by atomic mass is 127. The van der Waals surface area contributed by atoms with Crippen LogP contribution in [-0.4, -0.2) is 35.7 Å². The lowest BCUT2D eigenvalue weighted by atomic mass is 10.1. The molecule has 0 atom stereocenters. The molecule has 0 aliphatic heterocycles. The van der Waals surface area contributed by atoms with Crippen LogP contribution in [0.25, 0.3) is 0 Å². The topological polar surface area (TPSA) is 86.6 Å². The third-order valence-corrected chi connectivity index (χ3v) is 3.07. The molecule has 0 fully saturated rings. The molecule has 0 amide bonds. The van der Waals surface area contributed by atoms with Crippen molar-refractivity contribution in [2.24, 2.45) is 0 Å². The molecule has 0 spiro atoms. The zero-order chi connectivity index (χ0) is 14.0. The highest BCUT2D eigenvalue weighted by molar-refractivity contribution is 14.1. The van der Waals surface area contributed by atoms with Gasteiger partial charge < -0.3 is 15.5 Å². The Labute approximate surface area is 119 Å². The van der Waals surface area contributed by atoms with Crippen molar-refractivity contribution in [3.63, 3.8) is 0 Å². The number of hydrogen-bond donors (Lipinski definition) is 3. The third-order valence-electron chi connectivity index (χ3n) is 2.01. The lowest BCUT2D eigenvalue weighted by molar-refractivity contribution is -0.159. The van der Waals surface area contributed by atoms with E-state index in [4.69, 9.17) is 19.8 Å². The molecule has 0 saturated heterocycles. The zero-order valence-electron chi connectivity index (χ0n) is 10.0. The number of benzene rings is 1. The van der Waals surface area contributed by atoms with Crippen molar-refractivity contribution in [3.05, 3.63) is 33.4 Å². The minimum absolute atomic E-state index is 1.10. The number of rotatable bonds is 4. The first kappa shape index (κ1) is 16.9. The number of carbonyl (C=O) groups is 2. The smallest absolute Gasteiger partial charge is 0.414 e. The summed E-state index contributed by atoms with van der Waals surface area (Å²) in [7, 11) is 2.00. The van der Waals surface area contributed by atoms with Crippen LogP contribution in [0.4, 0.5) is 0 Å². The van der Waals surface area contributed by atoms with Crippen LogP contribution >= 0.6 is 22.6 Å². The summed E-state index contributed by atoms with van der Waals surface area (Å²) >= 11 is 2.39. The van der Waals surface area contributed by atoms with E-state index in [1.165, 1.54) is 22.0 Å². The highest BCUT2D eigenvalue weighted by Crippen LogP contribution is 2.12. The van der Waals surface area contributed by atoms with Crippen LogP contribution in [-0.2, 0) is 16.0 Å². The zero-order valence-corrected chi connectivity index (χ0v) is 12.2. The summed E-state index contributed by atoms with van der Waals surface area (Å²) in [5.74, 6) is -3.65. The van der Waals surface area contributed by atoms with E-state index in [0.717, 1.165) is 6.54 Å². The van der Waals surface area contributed by atoms with Gasteiger partial charge in [-0.15, -0.1) is 0 Å². The van der Waals surface area contributed by atoms with E-state index in [0.29, 0.717) is 0 Å². The van der Waals surface area contributed by atoms with Gasteiger partial charge >= 0.3 is 11.9 Å². The maximum Gasteiger partial charge on any atom is 0.414 e. The fourth-order valence-corrected chi connectivity index (χ4v) is 1.81. The number of aliphatic carboxylic acids is 2. The van der Waals surface area contributed by atoms with Crippen molar-refractivity contribution in [2.45, 2.75) is 12.8 Å². The Morgan fingerprint density at radius 1 is 1.22 bits per heavy atom. The van der Waals surface area contributed by atoms with Crippen LogP contribution < -0.4 is 5.32 Å². The molecular formula is C12H16INO4. The van der Waals surface area contributed by atoms with Gasteiger partial charge in [-0.1, -0.05) is 18.2 Å². The predicted octanol–water partition coefficient (Wildman–Crippen LogP) is 1.60. The third kappa shape index (κ3) is 8.02. The molecule has 0 saturated carbocycles. The standard InChI is InChI=1S/C10H14IN.C2H2O4/c1-12-8-4-6-9-5-2-3-7-10(9)11;3-1(4)2(5)6/h2-3,5,7,12H,4,6,8H2,1H3;(H,3,4)(H,5,6). The Bertz CT molecular complexity index is 383.